The lowest BCUT2D eigenvalue weighted by molar-refractivity contribution is 0.383. The molecule has 57 heavy (non-hydrogen) atoms. The Labute approximate surface area is 335 Å². The van der Waals surface area contributed by atoms with Gasteiger partial charge < -0.3 is 4.74 Å². The molecule has 4 aliphatic carbocycles. The maximum atomic E-state index is 6.77. The van der Waals surface area contributed by atoms with Gasteiger partial charge in [0.2, 0.25) is 0 Å². The molecule has 5 heteroatoms. The first kappa shape index (κ1) is 32.8. The van der Waals surface area contributed by atoms with Crippen LogP contribution in [-0.2, 0) is 5.41 Å². The summed E-state index contributed by atoms with van der Waals surface area (Å²) < 4.78 is 9.42. The number of hydrogen-bond donors (Lipinski definition) is 0. The van der Waals surface area contributed by atoms with Crippen LogP contribution in [0.5, 0.6) is 5.75 Å². The number of nitrogens with zero attached hydrogens (tertiary/aromatic N) is 3. The number of hydrogen-bond acceptors (Lipinski definition) is 5. The summed E-state index contributed by atoms with van der Waals surface area (Å²) >= 11 is 1.86. The molecular weight excluding hydrogens is 715 g/mol. The highest BCUT2D eigenvalue weighted by molar-refractivity contribution is 7.25. The van der Waals surface area contributed by atoms with Gasteiger partial charge in [-0.25, -0.2) is 15.0 Å². The Morgan fingerprint density at radius 1 is 0.649 bits per heavy atom. The van der Waals surface area contributed by atoms with E-state index in [1.165, 1.54) is 59.1 Å². The van der Waals surface area contributed by atoms with Crippen LogP contribution in [0.3, 0.4) is 0 Å². The minimum Gasteiger partial charge on any atom is -0.457 e. The maximum Gasteiger partial charge on any atom is 0.163 e. The van der Waals surface area contributed by atoms with Crippen LogP contribution in [-0.4, -0.2) is 15.0 Å². The molecule has 7 aromatic rings. The predicted molar refractivity (Wildman–Crippen MR) is 233 cm³/mol. The van der Waals surface area contributed by atoms with Crippen molar-refractivity contribution < 1.29 is 4.74 Å². The van der Waals surface area contributed by atoms with E-state index in [-0.39, 0.29) is 5.92 Å². The van der Waals surface area contributed by atoms with Crippen LogP contribution in [0.15, 0.2) is 169 Å². The van der Waals surface area contributed by atoms with Gasteiger partial charge in [0.15, 0.2) is 11.6 Å². The van der Waals surface area contributed by atoms with Crippen LogP contribution >= 0.6 is 11.3 Å². The Kier molecular flexibility index (Phi) is 7.36. The quantitative estimate of drug-likeness (QED) is 0.180. The highest BCUT2D eigenvalue weighted by atomic mass is 32.1. The first-order valence-corrected chi connectivity index (χ1v) is 20.9. The topological polar surface area (TPSA) is 47.9 Å². The zero-order chi connectivity index (χ0) is 37.5. The van der Waals surface area contributed by atoms with Gasteiger partial charge in [0, 0.05) is 42.8 Å². The van der Waals surface area contributed by atoms with Crippen molar-refractivity contribution >= 4 is 42.7 Å². The van der Waals surface area contributed by atoms with Crippen molar-refractivity contribution in [3.63, 3.8) is 0 Å². The van der Waals surface area contributed by atoms with E-state index in [1.54, 1.807) is 0 Å². The largest absolute Gasteiger partial charge is 0.457 e. The van der Waals surface area contributed by atoms with E-state index in [1.807, 2.05) is 11.3 Å². The highest BCUT2D eigenvalue weighted by Gasteiger charge is 2.52. The van der Waals surface area contributed by atoms with Gasteiger partial charge in [-0.2, -0.15) is 0 Å². The van der Waals surface area contributed by atoms with E-state index in [2.05, 4.69) is 158 Å². The lowest BCUT2D eigenvalue weighted by Crippen LogP contribution is -2.36. The molecule has 0 saturated carbocycles. The monoisotopic (exact) mass is 751 g/mol. The van der Waals surface area contributed by atoms with E-state index in [0.29, 0.717) is 5.82 Å². The smallest absolute Gasteiger partial charge is 0.163 e. The van der Waals surface area contributed by atoms with Crippen molar-refractivity contribution in [1.82, 2.24) is 15.0 Å². The van der Waals surface area contributed by atoms with Crippen LogP contribution in [0, 0.1) is 0 Å². The molecule has 1 atom stereocenters. The van der Waals surface area contributed by atoms with Crippen LogP contribution in [0.25, 0.3) is 53.8 Å². The zero-order valence-electron chi connectivity index (χ0n) is 31.3. The zero-order valence-corrected chi connectivity index (χ0v) is 32.1. The Hall–Kier alpha value is -6.43. The summed E-state index contributed by atoms with van der Waals surface area (Å²) in [5.41, 5.74) is 11.6. The summed E-state index contributed by atoms with van der Waals surface area (Å²) in [6.07, 6.45) is 22.7. The van der Waals surface area contributed by atoms with E-state index >= 15 is 0 Å². The second kappa shape index (κ2) is 12.8. The van der Waals surface area contributed by atoms with Crippen LogP contribution in [0.2, 0.25) is 0 Å². The molecule has 5 aromatic carbocycles. The lowest BCUT2D eigenvalue weighted by Gasteiger charge is -2.42. The first-order chi connectivity index (χ1) is 28.2. The van der Waals surface area contributed by atoms with Crippen LogP contribution in [0.1, 0.15) is 71.9 Å². The SMILES string of the molecule is C1=CCCC(c2nc(-c3ccc4c(c3)C3(C5=CCCC=C5O4)c4ccccc4-c4ccccc43)nc(C3C=CC(c4ccc5c(c4)sc4ccccc45)=CC3)n2)=C1. The number of aromatic nitrogens is 3. The van der Waals surface area contributed by atoms with Gasteiger partial charge in [-0.1, -0.05) is 121 Å². The second-order valence-electron chi connectivity index (χ2n) is 15.6. The van der Waals surface area contributed by atoms with Gasteiger partial charge in [0.05, 0.1) is 5.41 Å². The molecule has 0 bridgehead atoms. The number of thiophene rings is 1. The summed E-state index contributed by atoms with van der Waals surface area (Å²) in [6, 6.07) is 40.0. The molecule has 0 saturated heterocycles. The summed E-state index contributed by atoms with van der Waals surface area (Å²) in [5, 5.41) is 2.65. The molecule has 2 aromatic heterocycles. The third-order valence-electron chi connectivity index (χ3n) is 12.4. The van der Waals surface area contributed by atoms with Crippen molar-refractivity contribution in [3.05, 3.63) is 203 Å². The molecule has 12 rings (SSSR count). The number of ether oxygens (including phenoxy) is 1. The summed E-state index contributed by atoms with van der Waals surface area (Å²) in [5.74, 6) is 4.14. The van der Waals surface area contributed by atoms with Crippen LogP contribution < -0.4 is 4.74 Å². The van der Waals surface area contributed by atoms with Crippen molar-refractivity contribution in [3.8, 4) is 28.3 Å². The van der Waals surface area contributed by atoms with Gasteiger partial charge in [0.1, 0.15) is 17.3 Å². The van der Waals surface area contributed by atoms with Crippen LogP contribution in [0.4, 0.5) is 0 Å². The fourth-order valence-electron chi connectivity index (χ4n) is 9.77. The summed E-state index contributed by atoms with van der Waals surface area (Å²) in [7, 11) is 0. The summed E-state index contributed by atoms with van der Waals surface area (Å²) in [4.78, 5) is 15.7. The molecule has 4 nitrogen and oxygen atoms in total. The molecule has 0 N–H and O–H groups in total. The minimum atomic E-state index is -0.509. The molecule has 3 heterocycles. The fraction of sp³-hybridized carbons (Fsp3) is 0.135. The van der Waals surface area contributed by atoms with Crippen molar-refractivity contribution in [2.24, 2.45) is 0 Å². The second-order valence-corrected chi connectivity index (χ2v) is 16.7. The maximum absolute atomic E-state index is 6.77. The van der Waals surface area contributed by atoms with Gasteiger partial charge in [-0.05, 0) is 107 Å². The van der Waals surface area contributed by atoms with E-state index in [0.717, 1.165) is 72.0 Å². The molecule has 0 radical (unpaired) electrons. The number of rotatable bonds is 4. The van der Waals surface area contributed by atoms with Crippen molar-refractivity contribution in [2.75, 3.05) is 0 Å². The Bertz CT molecular complexity index is 3000. The number of benzene rings is 5. The first-order valence-electron chi connectivity index (χ1n) is 20.1. The van der Waals surface area contributed by atoms with Gasteiger partial charge in [-0.3, -0.25) is 0 Å². The van der Waals surface area contributed by atoms with Crippen molar-refractivity contribution in [1.29, 1.82) is 0 Å². The average Bonchev–Trinajstić information content (AvgIpc) is 3.80. The number of allylic oxidation sites excluding steroid dienone is 11. The molecule has 0 amide bonds. The fourth-order valence-corrected chi connectivity index (χ4v) is 10.9. The molecule has 1 spiro atoms. The molecule has 1 aliphatic heterocycles. The molecular formula is C52H37N3OS. The molecule has 0 fully saturated rings. The van der Waals surface area contributed by atoms with Gasteiger partial charge >= 0.3 is 0 Å². The summed E-state index contributed by atoms with van der Waals surface area (Å²) in [6.45, 7) is 0. The average molecular weight is 752 g/mol. The van der Waals surface area contributed by atoms with E-state index < -0.39 is 5.41 Å². The lowest BCUT2D eigenvalue weighted by atomic mass is 9.64. The van der Waals surface area contributed by atoms with Gasteiger partial charge in [-0.15, -0.1) is 11.3 Å². The van der Waals surface area contributed by atoms with Gasteiger partial charge in [0.25, 0.3) is 0 Å². The Balaban J connectivity index is 0.972. The van der Waals surface area contributed by atoms with E-state index in [9.17, 15) is 0 Å². The molecule has 1 unspecified atom stereocenters. The van der Waals surface area contributed by atoms with E-state index in [4.69, 9.17) is 19.7 Å². The Morgan fingerprint density at radius 3 is 2.25 bits per heavy atom. The van der Waals surface area contributed by atoms with Crippen molar-refractivity contribution in [2.45, 2.75) is 43.4 Å². The normalized spacial score (nSPS) is 18.6. The third-order valence-corrected chi connectivity index (χ3v) is 13.6. The standard InChI is InChI=1S/C52H37N3OS/c1-2-12-33(13-3-1)49-53-50(34-24-22-32(23-25-34)35-26-28-40-39-16-6-11-21-47(39)57-48(40)31-35)55-51(54-49)36-27-29-46-44(30-36)52(43-19-9-10-20-45(43)56-46)41-17-7-4-14-37(41)38-15-5-8-18-42(38)52/h1-2,4-8,11-12,14-24,26-31,34H,3,9-10,13,25H2. The predicted octanol–water partition coefficient (Wildman–Crippen LogP) is 13.1. The highest BCUT2D eigenvalue weighted by Crippen LogP contribution is 2.62. The molecule has 5 aliphatic rings. The molecule has 272 valence electrons. The minimum absolute atomic E-state index is 0.0306. The third kappa shape index (κ3) is 5.01. The number of fused-ring (bicyclic) bond motifs is 12. The Morgan fingerprint density at radius 2 is 1.42 bits per heavy atom.